The molecule has 0 bridgehead atoms. The smallest absolute Gasteiger partial charge is 0.259 e. The van der Waals surface area contributed by atoms with E-state index < -0.39 is 11.9 Å². The second-order valence-corrected chi connectivity index (χ2v) is 13.6. The van der Waals surface area contributed by atoms with Crippen molar-refractivity contribution in [3.63, 3.8) is 0 Å². The summed E-state index contributed by atoms with van der Waals surface area (Å²) in [6.07, 6.45) is 2.94. The van der Waals surface area contributed by atoms with Crippen LogP contribution in [0.2, 0.25) is 0 Å². The van der Waals surface area contributed by atoms with Crippen molar-refractivity contribution in [1.82, 2.24) is 10.0 Å². The number of phenolic OH excluding ortho intramolecular Hbond substituents is 1. The number of amides is 4. The van der Waals surface area contributed by atoms with Gasteiger partial charge in [-0.05, 0) is 73.0 Å². The minimum absolute atomic E-state index is 0.0717. The SMILES string of the molecule is CNC(=O)CCC(C=O)N1C(=O)c2cccc3c(N4CCC(CC(=O)Nc5ccc6c(F)c(N7CC(=O)NS7)c(O)cc6c5)CC4)ccc1c23. The zero-order valence-electron chi connectivity index (χ0n) is 27.2. The van der Waals surface area contributed by atoms with Crippen LogP contribution < -0.4 is 29.5 Å². The summed E-state index contributed by atoms with van der Waals surface area (Å²) in [6, 6.07) is 14.9. The van der Waals surface area contributed by atoms with Gasteiger partial charge in [0.2, 0.25) is 11.8 Å². The fourth-order valence-corrected chi connectivity index (χ4v) is 7.91. The van der Waals surface area contributed by atoms with Gasteiger partial charge in [-0.2, -0.15) is 0 Å². The van der Waals surface area contributed by atoms with E-state index in [1.807, 2.05) is 24.3 Å². The highest BCUT2D eigenvalue weighted by atomic mass is 32.2. The first kappa shape index (κ1) is 33.1. The lowest BCUT2D eigenvalue weighted by Crippen LogP contribution is -2.39. The molecule has 3 aliphatic rings. The number of anilines is 4. The summed E-state index contributed by atoms with van der Waals surface area (Å²) in [6.45, 7) is 1.35. The van der Waals surface area contributed by atoms with Crippen molar-refractivity contribution in [2.24, 2.45) is 5.92 Å². The fourth-order valence-electron chi connectivity index (χ4n) is 7.19. The zero-order chi connectivity index (χ0) is 35.1. The topological polar surface area (TPSA) is 151 Å². The van der Waals surface area contributed by atoms with Gasteiger partial charge in [-0.3, -0.25) is 33.1 Å². The molecular weight excluding hydrogens is 663 g/mol. The number of hydrogen-bond donors (Lipinski definition) is 4. The van der Waals surface area contributed by atoms with E-state index in [1.54, 1.807) is 24.3 Å². The third-order valence-electron chi connectivity index (χ3n) is 9.69. The van der Waals surface area contributed by atoms with E-state index in [-0.39, 0.29) is 65.8 Å². The summed E-state index contributed by atoms with van der Waals surface area (Å²) in [5.74, 6) is -1.71. The minimum Gasteiger partial charge on any atom is -0.506 e. The molecule has 14 heteroatoms. The number of carbonyl (C=O) groups is 5. The maximum atomic E-state index is 15.4. The van der Waals surface area contributed by atoms with E-state index in [0.717, 1.165) is 47.7 Å². The summed E-state index contributed by atoms with van der Waals surface area (Å²) >= 11 is 0.915. The highest BCUT2D eigenvalue weighted by Gasteiger charge is 2.36. The van der Waals surface area contributed by atoms with E-state index in [2.05, 4.69) is 20.3 Å². The van der Waals surface area contributed by atoms with Gasteiger partial charge in [0.05, 0.1) is 23.9 Å². The van der Waals surface area contributed by atoms with Gasteiger partial charge in [-0.1, -0.05) is 12.1 Å². The molecule has 0 spiro atoms. The molecule has 4 aromatic carbocycles. The molecule has 2 fully saturated rings. The predicted molar refractivity (Wildman–Crippen MR) is 191 cm³/mol. The summed E-state index contributed by atoms with van der Waals surface area (Å²) in [4.78, 5) is 65.9. The van der Waals surface area contributed by atoms with Gasteiger partial charge in [-0.25, -0.2) is 4.39 Å². The van der Waals surface area contributed by atoms with Crippen molar-refractivity contribution < 1.29 is 33.5 Å². The number of fused-ring (bicyclic) bond motifs is 1. The monoisotopic (exact) mass is 698 g/mol. The second kappa shape index (κ2) is 13.5. The van der Waals surface area contributed by atoms with E-state index in [4.69, 9.17) is 0 Å². The number of nitrogens with one attached hydrogen (secondary N) is 3. The molecule has 4 amide bonds. The predicted octanol–water partition coefficient (Wildman–Crippen LogP) is 4.64. The molecule has 1 unspecified atom stereocenters. The number of rotatable bonds is 10. The number of phenols is 1. The number of aldehydes is 1. The van der Waals surface area contributed by atoms with Crippen LogP contribution in [0.4, 0.5) is 27.1 Å². The number of aromatic hydroxyl groups is 1. The lowest BCUT2D eigenvalue weighted by molar-refractivity contribution is -0.121. The van der Waals surface area contributed by atoms with Crippen molar-refractivity contribution in [3.05, 3.63) is 66.0 Å². The van der Waals surface area contributed by atoms with E-state index in [9.17, 15) is 29.1 Å². The molecule has 7 rings (SSSR count). The first-order chi connectivity index (χ1) is 24.2. The molecule has 3 heterocycles. The highest BCUT2D eigenvalue weighted by Crippen LogP contribution is 2.44. The van der Waals surface area contributed by atoms with Crippen LogP contribution in [0.25, 0.3) is 21.5 Å². The molecule has 1 atom stereocenters. The Morgan fingerprint density at radius 3 is 2.56 bits per heavy atom. The van der Waals surface area contributed by atoms with Crippen LogP contribution in [0.15, 0.2) is 54.6 Å². The highest BCUT2D eigenvalue weighted by molar-refractivity contribution is 7.99. The number of halogens is 1. The van der Waals surface area contributed by atoms with Crippen LogP contribution in [0.5, 0.6) is 5.75 Å². The largest absolute Gasteiger partial charge is 0.506 e. The van der Waals surface area contributed by atoms with Gasteiger partial charge in [-0.15, -0.1) is 0 Å². The van der Waals surface area contributed by atoms with Gasteiger partial charge in [0.25, 0.3) is 11.8 Å². The van der Waals surface area contributed by atoms with Crippen LogP contribution in [0.1, 0.15) is 42.5 Å². The Hall–Kier alpha value is -5.37. The average Bonchev–Trinajstić information content (AvgIpc) is 3.66. The van der Waals surface area contributed by atoms with Crippen molar-refractivity contribution in [2.75, 3.05) is 46.1 Å². The van der Waals surface area contributed by atoms with Crippen molar-refractivity contribution in [3.8, 4) is 5.75 Å². The molecule has 0 aromatic heterocycles. The summed E-state index contributed by atoms with van der Waals surface area (Å²) in [5.41, 5.74) is 2.59. The van der Waals surface area contributed by atoms with Crippen LogP contribution in [0, 0.1) is 11.7 Å². The van der Waals surface area contributed by atoms with Gasteiger partial charge in [0.15, 0.2) is 5.82 Å². The molecule has 0 radical (unpaired) electrons. The molecule has 0 saturated carbocycles. The third kappa shape index (κ3) is 6.04. The first-order valence-electron chi connectivity index (χ1n) is 16.4. The van der Waals surface area contributed by atoms with E-state index >= 15 is 4.39 Å². The standard InChI is InChI=1S/C36H35FN6O6S/c1-38-30(46)10-6-23(19-44)43-28-9-8-27(25-3-2-4-26(33(25)28)36(43)49)41-13-11-20(12-14-41)15-31(47)39-22-5-7-24-21(16-22)17-29(45)35(34(24)37)42-18-32(48)40-50-42/h2-5,7-9,16-17,19-20,23,45H,6,10-15,18H2,1H3,(H,38,46)(H,39,47)(H,40,48). The van der Waals surface area contributed by atoms with E-state index in [0.29, 0.717) is 41.8 Å². The van der Waals surface area contributed by atoms with Crippen molar-refractivity contribution >= 4 is 86.3 Å². The molecule has 4 aromatic rings. The van der Waals surface area contributed by atoms with Gasteiger partial charge in [0, 0.05) is 66.1 Å². The molecule has 0 aliphatic carbocycles. The van der Waals surface area contributed by atoms with Crippen molar-refractivity contribution in [2.45, 2.75) is 38.1 Å². The van der Waals surface area contributed by atoms with E-state index in [1.165, 1.54) is 22.3 Å². The zero-order valence-corrected chi connectivity index (χ0v) is 28.0. The maximum Gasteiger partial charge on any atom is 0.259 e. The molecule has 4 N–H and O–H groups in total. The Labute approximate surface area is 291 Å². The molecule has 258 valence electrons. The molecular formula is C36H35FN6O6S. The van der Waals surface area contributed by atoms with Crippen LogP contribution >= 0.6 is 12.1 Å². The molecule has 3 aliphatic heterocycles. The lowest BCUT2D eigenvalue weighted by Gasteiger charge is -2.34. The molecule has 12 nitrogen and oxygen atoms in total. The molecule has 50 heavy (non-hydrogen) atoms. The Morgan fingerprint density at radius 1 is 1.06 bits per heavy atom. The molecule has 2 saturated heterocycles. The average molecular weight is 699 g/mol. The van der Waals surface area contributed by atoms with Gasteiger partial charge >= 0.3 is 0 Å². The summed E-state index contributed by atoms with van der Waals surface area (Å²) in [5, 5.41) is 18.4. The van der Waals surface area contributed by atoms with Crippen LogP contribution in [-0.2, 0) is 19.2 Å². The first-order valence-corrected chi connectivity index (χ1v) is 17.2. The summed E-state index contributed by atoms with van der Waals surface area (Å²) < 4.78 is 19.2. The number of benzene rings is 4. The number of piperidine rings is 1. The number of nitrogens with zero attached hydrogens (tertiary/aromatic N) is 3. The Balaban J connectivity index is 1.00. The number of hydrogen-bond acceptors (Lipinski definition) is 9. The Kier molecular flexibility index (Phi) is 8.95. The van der Waals surface area contributed by atoms with Gasteiger partial charge in [0.1, 0.15) is 24.3 Å². The lowest BCUT2D eigenvalue weighted by atomic mass is 9.92. The Morgan fingerprint density at radius 2 is 1.84 bits per heavy atom. The normalized spacial score (nSPS) is 16.6. The quantitative estimate of drug-likeness (QED) is 0.137. The summed E-state index contributed by atoms with van der Waals surface area (Å²) in [7, 11) is 1.54. The van der Waals surface area contributed by atoms with Gasteiger partial charge < -0.3 is 25.4 Å². The van der Waals surface area contributed by atoms with Crippen LogP contribution in [-0.4, -0.2) is 67.7 Å². The van der Waals surface area contributed by atoms with Crippen LogP contribution in [0.3, 0.4) is 0 Å². The van der Waals surface area contributed by atoms with Crippen molar-refractivity contribution in [1.29, 1.82) is 0 Å². The number of carbonyl (C=O) groups excluding carboxylic acids is 5. The maximum absolute atomic E-state index is 15.4. The third-order valence-corrected chi connectivity index (χ3v) is 10.5. The Bertz CT molecular complexity index is 2070. The fraction of sp³-hybridized carbons (Fsp3) is 0.306. The second-order valence-electron chi connectivity index (χ2n) is 12.8. The minimum atomic E-state index is -0.760.